The van der Waals surface area contributed by atoms with E-state index < -0.39 is 11.2 Å². The topological polar surface area (TPSA) is 98.8 Å². The van der Waals surface area contributed by atoms with Crippen LogP contribution in [0.1, 0.15) is 5.56 Å². The van der Waals surface area contributed by atoms with Gasteiger partial charge in [-0.2, -0.15) is 4.98 Å². The normalized spacial score (nSPS) is 13.5. The van der Waals surface area contributed by atoms with Crippen molar-refractivity contribution in [3.05, 3.63) is 73.6 Å². The van der Waals surface area contributed by atoms with Gasteiger partial charge in [-0.15, -0.1) is 0 Å². The number of aryl methyl sites for hydroxylation is 1. The lowest BCUT2D eigenvalue weighted by Gasteiger charge is -2.37. The average molecular weight is 602 g/mol. The van der Waals surface area contributed by atoms with E-state index in [-0.39, 0.29) is 12.4 Å². The smallest absolute Gasteiger partial charge is 0.332 e. The minimum absolute atomic E-state index is 0.276. The van der Waals surface area contributed by atoms with Crippen molar-refractivity contribution in [3.8, 4) is 11.5 Å². The van der Waals surface area contributed by atoms with Gasteiger partial charge in [-0.05, 0) is 29.9 Å². The Balaban J connectivity index is 1.42. The van der Waals surface area contributed by atoms with Crippen molar-refractivity contribution >= 4 is 51.7 Å². The number of fused-ring (bicyclic) bond motifs is 1. The van der Waals surface area contributed by atoms with Crippen LogP contribution >= 0.6 is 23.8 Å². The Bertz CT molecular complexity index is 1740. The van der Waals surface area contributed by atoms with Crippen LogP contribution in [0.3, 0.4) is 0 Å². The summed E-state index contributed by atoms with van der Waals surface area (Å²) in [6.45, 7) is 2.50. The van der Waals surface area contributed by atoms with Gasteiger partial charge in [0.25, 0.3) is 5.56 Å². The summed E-state index contributed by atoms with van der Waals surface area (Å²) in [5.74, 6) is 1.21. The van der Waals surface area contributed by atoms with Crippen LogP contribution in [0.4, 0.5) is 16.0 Å². The van der Waals surface area contributed by atoms with E-state index in [9.17, 15) is 14.0 Å². The number of nitrogens with zero attached hydrogens (tertiary/aromatic N) is 6. The maximum atomic E-state index is 13.6. The van der Waals surface area contributed by atoms with Crippen LogP contribution in [0.25, 0.3) is 11.2 Å². The number of rotatable bonds is 6. The zero-order valence-corrected chi connectivity index (χ0v) is 24.6. The molecule has 0 atom stereocenters. The number of thiocarbonyl (C=S) groups is 1. The van der Waals surface area contributed by atoms with Crippen molar-refractivity contribution in [1.29, 1.82) is 0 Å². The number of benzene rings is 2. The van der Waals surface area contributed by atoms with Crippen LogP contribution in [0.15, 0.2) is 46.0 Å². The molecule has 2 aromatic carbocycles. The quantitative estimate of drug-likeness (QED) is 0.335. The number of methoxy groups -OCH3 is 2. The van der Waals surface area contributed by atoms with Gasteiger partial charge in [0, 0.05) is 52.4 Å². The van der Waals surface area contributed by atoms with E-state index in [1.807, 2.05) is 4.90 Å². The second-order valence-corrected chi connectivity index (χ2v) is 10.4. The molecule has 4 aromatic rings. The second-order valence-electron chi connectivity index (χ2n) is 9.59. The third-order valence-corrected chi connectivity index (χ3v) is 7.80. The number of hydrogen-bond acceptors (Lipinski definition) is 7. The number of halogens is 2. The lowest BCUT2D eigenvalue weighted by atomic mass is 10.2. The Hall–Kier alpha value is -4.10. The second kappa shape index (κ2) is 11.4. The SMILES string of the molecule is COc1cc(NC(=S)N2CCN(c3nc4c(c(=O)n(C)c(=O)n4C)n3Cc3ccc(F)cc3)CC2)c(OC)cc1Cl. The molecule has 0 amide bonds. The molecule has 3 heterocycles. The summed E-state index contributed by atoms with van der Waals surface area (Å²) in [5.41, 5.74) is 1.10. The highest BCUT2D eigenvalue weighted by atomic mass is 35.5. The van der Waals surface area contributed by atoms with Gasteiger partial charge in [-0.3, -0.25) is 18.5 Å². The molecule has 0 unspecified atom stereocenters. The molecule has 0 saturated carbocycles. The van der Waals surface area contributed by atoms with Crippen LogP contribution < -0.4 is 30.9 Å². The van der Waals surface area contributed by atoms with Gasteiger partial charge < -0.3 is 24.6 Å². The number of anilines is 2. The summed E-state index contributed by atoms with van der Waals surface area (Å²) in [5, 5.41) is 4.15. The number of imidazole rings is 1. The summed E-state index contributed by atoms with van der Waals surface area (Å²) >= 11 is 11.9. The third-order valence-electron chi connectivity index (χ3n) is 7.15. The number of ether oxygens (including phenoxy) is 2. The van der Waals surface area contributed by atoms with Crippen molar-refractivity contribution in [2.24, 2.45) is 14.1 Å². The molecule has 11 nitrogen and oxygen atoms in total. The maximum Gasteiger partial charge on any atom is 0.332 e. The summed E-state index contributed by atoms with van der Waals surface area (Å²) < 4.78 is 28.6. The summed E-state index contributed by atoms with van der Waals surface area (Å²) in [6.07, 6.45) is 0. The van der Waals surface area contributed by atoms with E-state index in [0.717, 1.165) is 10.1 Å². The van der Waals surface area contributed by atoms with Crippen LogP contribution in [0.5, 0.6) is 11.5 Å². The van der Waals surface area contributed by atoms with E-state index in [0.29, 0.717) is 70.6 Å². The highest BCUT2D eigenvalue weighted by molar-refractivity contribution is 7.80. The first-order valence-corrected chi connectivity index (χ1v) is 13.5. The standard InChI is InChI=1S/C27H29ClFN7O4S/c1-32-23-22(24(37)33(2)27(32)38)36(15-16-5-7-17(29)8-6-16)25(31-23)34-9-11-35(12-10-34)26(41)30-19-14-20(39-3)18(28)13-21(19)40-4/h5-8,13-14H,9-12,15H2,1-4H3,(H,30,41). The molecule has 0 aliphatic carbocycles. The highest BCUT2D eigenvalue weighted by Crippen LogP contribution is 2.36. The fraction of sp³-hybridized carbons (Fsp3) is 0.333. The van der Waals surface area contributed by atoms with Crippen molar-refractivity contribution in [1.82, 2.24) is 23.6 Å². The monoisotopic (exact) mass is 601 g/mol. The molecule has 41 heavy (non-hydrogen) atoms. The van der Waals surface area contributed by atoms with E-state index in [1.165, 1.54) is 30.9 Å². The lowest BCUT2D eigenvalue weighted by molar-refractivity contribution is 0.385. The zero-order valence-electron chi connectivity index (χ0n) is 23.0. The highest BCUT2D eigenvalue weighted by Gasteiger charge is 2.27. The molecule has 1 N–H and O–H groups in total. The number of hydrogen-bond donors (Lipinski definition) is 1. The molecule has 1 saturated heterocycles. The van der Waals surface area contributed by atoms with Gasteiger partial charge in [-0.25, -0.2) is 9.18 Å². The molecule has 0 spiro atoms. The van der Waals surface area contributed by atoms with Crippen LogP contribution in [-0.4, -0.2) is 69.1 Å². The Morgan fingerprint density at radius 2 is 1.68 bits per heavy atom. The molecule has 0 bridgehead atoms. The molecule has 1 aliphatic rings. The van der Waals surface area contributed by atoms with Gasteiger partial charge in [0.15, 0.2) is 16.3 Å². The van der Waals surface area contributed by atoms with Gasteiger partial charge in [-0.1, -0.05) is 23.7 Å². The van der Waals surface area contributed by atoms with Crippen molar-refractivity contribution in [3.63, 3.8) is 0 Å². The number of nitrogens with one attached hydrogen (secondary N) is 1. The Morgan fingerprint density at radius 1 is 1.02 bits per heavy atom. The van der Waals surface area contributed by atoms with Crippen LogP contribution in [-0.2, 0) is 20.6 Å². The van der Waals surface area contributed by atoms with Gasteiger partial charge in [0.1, 0.15) is 17.3 Å². The van der Waals surface area contributed by atoms with Crippen molar-refractivity contribution in [2.75, 3.05) is 50.6 Å². The van der Waals surface area contributed by atoms with Gasteiger partial charge in [0.2, 0.25) is 5.95 Å². The largest absolute Gasteiger partial charge is 0.495 e. The molecule has 5 rings (SSSR count). The van der Waals surface area contributed by atoms with Crippen molar-refractivity contribution < 1.29 is 13.9 Å². The summed E-state index contributed by atoms with van der Waals surface area (Å²) in [4.78, 5) is 34.7. The first-order valence-electron chi connectivity index (χ1n) is 12.8. The van der Waals surface area contributed by atoms with E-state index in [2.05, 4.69) is 10.2 Å². The minimum atomic E-state index is -0.462. The fourth-order valence-electron chi connectivity index (χ4n) is 4.86. The van der Waals surface area contributed by atoms with Gasteiger partial charge in [0.05, 0.1) is 31.5 Å². The average Bonchev–Trinajstić information content (AvgIpc) is 3.35. The zero-order chi connectivity index (χ0) is 29.4. The van der Waals surface area contributed by atoms with Crippen LogP contribution in [0, 0.1) is 5.82 Å². The predicted octanol–water partition coefficient (Wildman–Crippen LogP) is 2.81. The third kappa shape index (κ3) is 5.34. The molecule has 1 fully saturated rings. The maximum absolute atomic E-state index is 13.6. The molecule has 0 radical (unpaired) electrons. The Morgan fingerprint density at radius 3 is 2.32 bits per heavy atom. The summed E-state index contributed by atoms with van der Waals surface area (Å²) in [6, 6.07) is 9.47. The molecular formula is C27H29ClFN7O4S. The predicted molar refractivity (Wildman–Crippen MR) is 160 cm³/mol. The van der Waals surface area contributed by atoms with Gasteiger partial charge >= 0.3 is 5.69 Å². The lowest BCUT2D eigenvalue weighted by Crippen LogP contribution is -2.50. The first-order chi connectivity index (χ1) is 19.6. The van der Waals surface area contributed by atoms with E-state index in [4.69, 9.17) is 38.3 Å². The molecule has 2 aromatic heterocycles. The molecule has 1 aliphatic heterocycles. The summed E-state index contributed by atoms with van der Waals surface area (Å²) in [7, 11) is 6.11. The minimum Gasteiger partial charge on any atom is -0.495 e. The Kier molecular flexibility index (Phi) is 7.91. The van der Waals surface area contributed by atoms with Crippen molar-refractivity contribution in [2.45, 2.75) is 6.54 Å². The van der Waals surface area contributed by atoms with E-state index in [1.54, 1.807) is 43.0 Å². The fourth-order valence-corrected chi connectivity index (χ4v) is 5.38. The number of aromatic nitrogens is 4. The molecular weight excluding hydrogens is 573 g/mol. The molecule has 216 valence electrons. The number of piperazine rings is 1. The first kappa shape index (κ1) is 28.4. The molecule has 14 heteroatoms. The Labute approximate surface area is 245 Å². The van der Waals surface area contributed by atoms with E-state index >= 15 is 0 Å². The van der Waals surface area contributed by atoms with Crippen LogP contribution in [0.2, 0.25) is 5.02 Å².